The number of aliphatic carboxylic acids is 1. The number of hydrogen-bond donors (Lipinski definition) is 1. The summed E-state index contributed by atoms with van der Waals surface area (Å²) in [6.07, 6.45) is 1.63. The van der Waals surface area contributed by atoms with Gasteiger partial charge in [0.05, 0.1) is 16.1 Å². The smallest absolute Gasteiger partial charge is 0.323 e. The van der Waals surface area contributed by atoms with Gasteiger partial charge in [0.2, 0.25) is 0 Å². The molecule has 0 radical (unpaired) electrons. The van der Waals surface area contributed by atoms with Crippen LogP contribution < -0.4 is 0 Å². The lowest BCUT2D eigenvalue weighted by Crippen LogP contribution is -2.33. The van der Waals surface area contributed by atoms with Crippen molar-refractivity contribution in [1.82, 2.24) is 9.88 Å². The lowest BCUT2D eigenvalue weighted by molar-refractivity contribution is -0.140. The second-order valence-corrected chi connectivity index (χ2v) is 6.27. The maximum Gasteiger partial charge on any atom is 0.323 e. The highest BCUT2D eigenvalue weighted by molar-refractivity contribution is 8.26. The Kier molecular flexibility index (Phi) is 3.91. The molecule has 0 bridgehead atoms. The first-order chi connectivity index (χ1) is 10.5. The zero-order chi connectivity index (χ0) is 15.7. The third kappa shape index (κ3) is 2.86. The van der Waals surface area contributed by atoms with Crippen LogP contribution in [0.4, 0.5) is 0 Å². The summed E-state index contributed by atoms with van der Waals surface area (Å²) in [5.41, 5.74) is 1.46. The van der Waals surface area contributed by atoms with E-state index in [9.17, 15) is 9.59 Å². The summed E-state index contributed by atoms with van der Waals surface area (Å²) in [6, 6.07) is 11.4. The first-order valence-corrected chi connectivity index (χ1v) is 7.60. The van der Waals surface area contributed by atoms with Crippen LogP contribution in [0.5, 0.6) is 0 Å². The molecular formula is C15H10N2O3S2. The van der Waals surface area contributed by atoms with Gasteiger partial charge in [-0.15, -0.1) is 0 Å². The van der Waals surface area contributed by atoms with E-state index in [0.29, 0.717) is 10.6 Å². The van der Waals surface area contributed by atoms with Crippen LogP contribution >= 0.6 is 24.0 Å². The minimum Gasteiger partial charge on any atom is -0.480 e. The van der Waals surface area contributed by atoms with Crippen LogP contribution in [0.25, 0.3) is 17.0 Å². The molecule has 1 saturated heterocycles. The number of pyridine rings is 1. The molecule has 0 aliphatic carbocycles. The van der Waals surface area contributed by atoms with E-state index in [1.165, 1.54) is 0 Å². The van der Waals surface area contributed by atoms with Crippen molar-refractivity contribution in [2.75, 3.05) is 6.54 Å². The second-order valence-electron chi connectivity index (χ2n) is 4.59. The lowest BCUT2D eigenvalue weighted by Gasteiger charge is -2.10. The normalized spacial score (nSPS) is 16.7. The van der Waals surface area contributed by atoms with Crippen molar-refractivity contribution in [1.29, 1.82) is 0 Å². The summed E-state index contributed by atoms with van der Waals surface area (Å²) < 4.78 is 0.249. The largest absolute Gasteiger partial charge is 0.480 e. The van der Waals surface area contributed by atoms with Gasteiger partial charge in [-0.3, -0.25) is 14.5 Å². The minimum absolute atomic E-state index is 0.249. The highest BCUT2D eigenvalue weighted by Gasteiger charge is 2.33. The number of thiocarbonyl (C=S) groups is 1. The van der Waals surface area contributed by atoms with Crippen molar-refractivity contribution >= 4 is 57.2 Å². The van der Waals surface area contributed by atoms with E-state index in [2.05, 4.69) is 4.98 Å². The molecule has 110 valence electrons. The van der Waals surface area contributed by atoms with Crippen molar-refractivity contribution in [3.8, 4) is 0 Å². The molecule has 1 aliphatic heterocycles. The molecule has 5 nitrogen and oxygen atoms in total. The Morgan fingerprint density at radius 1 is 1.32 bits per heavy atom. The Balaban J connectivity index is 1.92. The fourth-order valence-corrected chi connectivity index (χ4v) is 3.31. The summed E-state index contributed by atoms with van der Waals surface area (Å²) in [4.78, 5) is 28.9. The lowest BCUT2D eigenvalue weighted by atomic mass is 10.2. The number of amides is 1. The zero-order valence-electron chi connectivity index (χ0n) is 11.2. The number of nitrogens with zero attached hydrogens (tertiary/aromatic N) is 2. The minimum atomic E-state index is -1.10. The van der Waals surface area contributed by atoms with Crippen LogP contribution in [0.2, 0.25) is 0 Å². The average molecular weight is 330 g/mol. The van der Waals surface area contributed by atoms with Gasteiger partial charge in [-0.2, -0.15) is 0 Å². The van der Waals surface area contributed by atoms with Gasteiger partial charge in [-0.1, -0.05) is 48.2 Å². The highest BCUT2D eigenvalue weighted by atomic mass is 32.2. The molecule has 0 atom stereocenters. The molecule has 2 heterocycles. The van der Waals surface area contributed by atoms with Crippen molar-refractivity contribution < 1.29 is 14.7 Å². The Morgan fingerprint density at radius 2 is 2.09 bits per heavy atom. The fraction of sp³-hybridized carbons (Fsp3) is 0.0667. The van der Waals surface area contributed by atoms with E-state index in [1.54, 1.807) is 6.08 Å². The molecule has 1 amide bonds. The maximum absolute atomic E-state index is 12.2. The highest BCUT2D eigenvalue weighted by Crippen LogP contribution is 2.32. The number of carbonyl (C=O) groups is 2. The third-order valence-electron chi connectivity index (χ3n) is 3.07. The molecule has 1 fully saturated rings. The van der Waals surface area contributed by atoms with Gasteiger partial charge in [0.1, 0.15) is 10.9 Å². The number of rotatable bonds is 3. The number of aromatic nitrogens is 1. The predicted octanol–water partition coefficient (Wildman–Crippen LogP) is 2.52. The van der Waals surface area contributed by atoms with Gasteiger partial charge in [0, 0.05) is 5.39 Å². The number of benzene rings is 1. The van der Waals surface area contributed by atoms with E-state index in [1.807, 2.05) is 36.4 Å². The molecular weight excluding hydrogens is 320 g/mol. The van der Waals surface area contributed by atoms with Crippen LogP contribution in [-0.2, 0) is 9.59 Å². The number of carboxylic acid groups (broad SMARTS) is 1. The summed E-state index contributed by atoms with van der Waals surface area (Å²) in [5.74, 6) is -1.49. The number of fused-ring (bicyclic) bond motifs is 1. The van der Waals surface area contributed by atoms with Crippen molar-refractivity contribution in [2.24, 2.45) is 0 Å². The maximum atomic E-state index is 12.2. The van der Waals surface area contributed by atoms with Gasteiger partial charge in [-0.25, -0.2) is 4.98 Å². The first-order valence-electron chi connectivity index (χ1n) is 6.37. The van der Waals surface area contributed by atoms with Gasteiger partial charge in [0.25, 0.3) is 5.91 Å². The Bertz CT molecular complexity index is 832. The average Bonchev–Trinajstić information content (AvgIpc) is 2.74. The molecule has 1 aromatic carbocycles. The van der Waals surface area contributed by atoms with Crippen LogP contribution in [0.3, 0.4) is 0 Å². The van der Waals surface area contributed by atoms with E-state index in [-0.39, 0.29) is 4.32 Å². The van der Waals surface area contributed by atoms with Crippen molar-refractivity contribution in [3.63, 3.8) is 0 Å². The summed E-state index contributed by atoms with van der Waals surface area (Å²) in [7, 11) is 0. The fourth-order valence-electron chi connectivity index (χ4n) is 2.07. The molecule has 22 heavy (non-hydrogen) atoms. The molecule has 2 aromatic rings. The van der Waals surface area contributed by atoms with Crippen molar-refractivity contribution in [3.05, 3.63) is 47.0 Å². The molecule has 0 spiro atoms. The third-order valence-corrected chi connectivity index (χ3v) is 4.44. The van der Waals surface area contributed by atoms with Gasteiger partial charge >= 0.3 is 5.97 Å². The first kappa shape index (κ1) is 14.7. The van der Waals surface area contributed by atoms with Crippen LogP contribution in [0.15, 0.2) is 41.3 Å². The molecule has 1 N–H and O–H groups in total. The van der Waals surface area contributed by atoms with Gasteiger partial charge in [0.15, 0.2) is 0 Å². The number of hydrogen-bond acceptors (Lipinski definition) is 5. The zero-order valence-corrected chi connectivity index (χ0v) is 12.9. The van der Waals surface area contributed by atoms with Crippen LogP contribution in [0.1, 0.15) is 5.69 Å². The molecule has 7 heteroatoms. The monoisotopic (exact) mass is 330 g/mol. The molecule has 0 unspecified atom stereocenters. The topological polar surface area (TPSA) is 70.5 Å². The quantitative estimate of drug-likeness (QED) is 0.689. The number of carbonyl (C=O) groups excluding carboxylic acids is 1. The van der Waals surface area contributed by atoms with Gasteiger partial charge in [-0.05, 0) is 18.2 Å². The van der Waals surface area contributed by atoms with E-state index in [0.717, 1.165) is 27.6 Å². The predicted molar refractivity (Wildman–Crippen MR) is 89.3 cm³/mol. The van der Waals surface area contributed by atoms with E-state index in [4.69, 9.17) is 17.3 Å². The molecule has 0 saturated carbocycles. The Labute approximate surface area is 135 Å². The summed E-state index contributed by atoms with van der Waals surface area (Å²) >= 11 is 6.14. The van der Waals surface area contributed by atoms with Crippen molar-refractivity contribution in [2.45, 2.75) is 0 Å². The standard InChI is InChI=1S/C15H10N2O3S2/c18-13(19)8-17-14(20)12(22-15(17)21)7-10-6-5-9-3-1-2-4-11(9)16-10/h1-7H,8H2,(H,18,19)/b12-7+. The van der Waals surface area contributed by atoms with Crippen LogP contribution in [-0.4, -0.2) is 37.7 Å². The molecule has 1 aliphatic rings. The summed E-state index contributed by atoms with van der Waals surface area (Å²) in [5, 5.41) is 9.82. The van der Waals surface area contributed by atoms with Gasteiger partial charge < -0.3 is 5.11 Å². The Hall–Kier alpha value is -2.25. The number of thioether (sulfide) groups is 1. The SMILES string of the molecule is O=C(O)CN1C(=O)/C(=C\c2ccc3ccccc3n2)SC1=S. The van der Waals surface area contributed by atoms with E-state index >= 15 is 0 Å². The number of para-hydroxylation sites is 1. The van der Waals surface area contributed by atoms with Crippen LogP contribution in [0, 0.1) is 0 Å². The summed E-state index contributed by atoms with van der Waals surface area (Å²) in [6.45, 7) is -0.423. The molecule has 1 aromatic heterocycles. The molecule has 3 rings (SSSR count). The number of carboxylic acids is 1. The van der Waals surface area contributed by atoms with E-state index < -0.39 is 18.4 Å². The second kappa shape index (κ2) is 5.86. The Morgan fingerprint density at radius 3 is 2.86 bits per heavy atom.